The summed E-state index contributed by atoms with van der Waals surface area (Å²) in [4.78, 5) is 1.53. The van der Waals surface area contributed by atoms with Crippen molar-refractivity contribution in [1.82, 2.24) is 0 Å². The van der Waals surface area contributed by atoms with Gasteiger partial charge in [-0.1, -0.05) is 30.3 Å². The lowest BCUT2D eigenvalue weighted by Crippen LogP contribution is -3.13. The summed E-state index contributed by atoms with van der Waals surface area (Å²) >= 11 is 0. The Labute approximate surface area is 80.4 Å². The highest BCUT2D eigenvalue weighted by molar-refractivity contribution is 5.13. The van der Waals surface area contributed by atoms with Crippen LogP contribution in [0.2, 0.25) is 0 Å². The summed E-state index contributed by atoms with van der Waals surface area (Å²) in [5, 5.41) is 0. The molecule has 2 nitrogen and oxygen atoms in total. The highest BCUT2D eigenvalue weighted by Gasteiger charge is 2.12. The molecule has 0 fully saturated rings. The van der Waals surface area contributed by atoms with Gasteiger partial charge in [0.05, 0.1) is 7.05 Å². The molecule has 0 aliphatic carbocycles. The summed E-state index contributed by atoms with van der Waals surface area (Å²) in [5.41, 5.74) is 5.33. The molecule has 1 rings (SSSR count). The first-order valence-corrected chi connectivity index (χ1v) is 4.89. The Morgan fingerprint density at radius 1 is 1.31 bits per heavy atom. The fourth-order valence-corrected chi connectivity index (χ4v) is 1.34. The zero-order valence-corrected chi connectivity index (χ0v) is 8.59. The van der Waals surface area contributed by atoms with Gasteiger partial charge in [-0.3, -0.25) is 0 Å². The van der Waals surface area contributed by atoms with Crippen LogP contribution in [0.4, 0.5) is 0 Å². The van der Waals surface area contributed by atoms with Gasteiger partial charge in [0.2, 0.25) is 0 Å². The minimum Gasteiger partial charge on any atom is -0.353 e. The van der Waals surface area contributed by atoms with E-state index in [2.05, 4.69) is 50.0 Å². The molecule has 0 aliphatic rings. The van der Waals surface area contributed by atoms with E-state index in [1.54, 1.807) is 0 Å². The quantitative estimate of drug-likeness (QED) is 0.616. The van der Waals surface area contributed by atoms with E-state index in [0.29, 0.717) is 6.04 Å². The van der Waals surface area contributed by atoms with E-state index >= 15 is 0 Å². The zero-order chi connectivity index (χ0) is 9.68. The molecule has 0 aromatic heterocycles. The maximum Gasteiger partial charge on any atom is 0.134 e. The van der Waals surface area contributed by atoms with Gasteiger partial charge in [-0.05, 0) is 6.92 Å². The third kappa shape index (κ3) is 3.17. The third-order valence-corrected chi connectivity index (χ3v) is 2.60. The van der Waals surface area contributed by atoms with Crippen LogP contribution in [-0.2, 0) is 6.54 Å². The molecule has 72 valence electrons. The summed E-state index contributed by atoms with van der Waals surface area (Å²) in [5.74, 6) is 0. The average Bonchev–Trinajstić information content (AvgIpc) is 2.18. The van der Waals surface area contributed by atoms with Crippen LogP contribution < -0.4 is 10.6 Å². The van der Waals surface area contributed by atoms with Crippen LogP contribution in [0.15, 0.2) is 30.3 Å². The molecule has 1 unspecified atom stereocenters. The Hall–Kier alpha value is -0.860. The largest absolute Gasteiger partial charge is 0.353 e. The SMILES string of the molecule is C[C@@H](C[NH3+])[NH+](C)Cc1ccccc1. The Morgan fingerprint density at radius 2 is 1.92 bits per heavy atom. The van der Waals surface area contributed by atoms with Crippen molar-refractivity contribution in [1.29, 1.82) is 0 Å². The minimum absolute atomic E-state index is 0.639. The second kappa shape index (κ2) is 5.00. The number of nitrogens with one attached hydrogen (secondary N) is 1. The summed E-state index contributed by atoms with van der Waals surface area (Å²) < 4.78 is 0. The lowest BCUT2D eigenvalue weighted by Gasteiger charge is -2.18. The Morgan fingerprint density at radius 3 is 2.46 bits per heavy atom. The van der Waals surface area contributed by atoms with Crippen molar-refractivity contribution >= 4 is 0 Å². The maximum atomic E-state index is 3.93. The lowest BCUT2D eigenvalue weighted by molar-refractivity contribution is -0.923. The standard InChI is InChI=1S/C11H18N2/c1-10(8-12)13(2)9-11-6-4-3-5-7-11/h3-7,10H,8-9,12H2,1-2H3/p+2/t10-/m0/s1. The molecule has 0 heterocycles. The second-order valence-electron chi connectivity index (χ2n) is 3.70. The fourth-order valence-electron chi connectivity index (χ4n) is 1.34. The van der Waals surface area contributed by atoms with E-state index in [1.165, 1.54) is 10.5 Å². The van der Waals surface area contributed by atoms with Gasteiger partial charge in [-0.25, -0.2) is 0 Å². The van der Waals surface area contributed by atoms with Crippen LogP contribution >= 0.6 is 0 Å². The fraction of sp³-hybridized carbons (Fsp3) is 0.455. The monoisotopic (exact) mass is 180 g/mol. The number of quaternary nitrogens is 2. The average molecular weight is 180 g/mol. The lowest BCUT2D eigenvalue weighted by atomic mass is 10.2. The molecule has 0 bridgehead atoms. The van der Waals surface area contributed by atoms with E-state index in [-0.39, 0.29) is 0 Å². The van der Waals surface area contributed by atoms with Gasteiger partial charge in [-0.15, -0.1) is 0 Å². The molecule has 4 N–H and O–H groups in total. The highest BCUT2D eigenvalue weighted by atomic mass is 15.1. The molecule has 0 saturated heterocycles. The van der Waals surface area contributed by atoms with E-state index in [4.69, 9.17) is 0 Å². The minimum atomic E-state index is 0.639. The normalized spacial score (nSPS) is 15.3. The predicted molar refractivity (Wildman–Crippen MR) is 54.2 cm³/mol. The van der Waals surface area contributed by atoms with Crippen molar-refractivity contribution in [3.8, 4) is 0 Å². The molecule has 0 spiro atoms. The molecule has 0 saturated carbocycles. The molecule has 13 heavy (non-hydrogen) atoms. The van der Waals surface area contributed by atoms with Crippen molar-refractivity contribution in [2.45, 2.75) is 19.5 Å². The van der Waals surface area contributed by atoms with Crippen molar-refractivity contribution in [2.24, 2.45) is 0 Å². The summed E-state index contributed by atoms with van der Waals surface area (Å²) in [6.07, 6.45) is 0. The molecular formula is C11H20N2+2. The molecule has 0 aliphatic heterocycles. The van der Waals surface area contributed by atoms with Crippen molar-refractivity contribution < 1.29 is 10.6 Å². The summed E-state index contributed by atoms with van der Waals surface area (Å²) in [6, 6.07) is 11.2. The first-order chi connectivity index (χ1) is 6.24. The van der Waals surface area contributed by atoms with Crippen LogP contribution in [0.25, 0.3) is 0 Å². The highest BCUT2D eigenvalue weighted by Crippen LogP contribution is 1.95. The van der Waals surface area contributed by atoms with Gasteiger partial charge >= 0.3 is 0 Å². The van der Waals surface area contributed by atoms with Crippen LogP contribution in [0, 0.1) is 0 Å². The first kappa shape index (κ1) is 10.2. The maximum absolute atomic E-state index is 3.93. The van der Waals surface area contributed by atoms with Crippen LogP contribution in [0.3, 0.4) is 0 Å². The van der Waals surface area contributed by atoms with Crippen LogP contribution in [0.1, 0.15) is 12.5 Å². The predicted octanol–water partition coefficient (Wildman–Crippen LogP) is -0.668. The van der Waals surface area contributed by atoms with Gasteiger partial charge in [0.1, 0.15) is 19.1 Å². The third-order valence-electron chi connectivity index (χ3n) is 2.60. The van der Waals surface area contributed by atoms with Crippen molar-refractivity contribution in [2.75, 3.05) is 13.6 Å². The van der Waals surface area contributed by atoms with Crippen LogP contribution in [0.5, 0.6) is 0 Å². The molecular weight excluding hydrogens is 160 g/mol. The van der Waals surface area contributed by atoms with Gasteiger partial charge in [0, 0.05) is 5.56 Å². The van der Waals surface area contributed by atoms with E-state index < -0.39 is 0 Å². The molecule has 1 aromatic rings. The van der Waals surface area contributed by atoms with Gasteiger partial charge in [-0.2, -0.15) is 0 Å². The van der Waals surface area contributed by atoms with Gasteiger partial charge in [0.25, 0.3) is 0 Å². The Bertz CT molecular complexity index is 233. The number of benzene rings is 1. The van der Waals surface area contributed by atoms with Gasteiger partial charge in [0.15, 0.2) is 0 Å². The van der Waals surface area contributed by atoms with E-state index in [0.717, 1.165) is 13.1 Å². The molecule has 1 aromatic carbocycles. The van der Waals surface area contributed by atoms with Crippen molar-refractivity contribution in [3.63, 3.8) is 0 Å². The van der Waals surface area contributed by atoms with Crippen molar-refractivity contribution in [3.05, 3.63) is 35.9 Å². The number of hydrogen-bond acceptors (Lipinski definition) is 0. The smallest absolute Gasteiger partial charge is 0.134 e. The number of hydrogen-bond donors (Lipinski definition) is 2. The van der Waals surface area contributed by atoms with E-state index in [1.807, 2.05) is 0 Å². The molecule has 2 atom stereocenters. The summed E-state index contributed by atoms with van der Waals surface area (Å²) in [7, 11) is 2.23. The van der Waals surface area contributed by atoms with Gasteiger partial charge < -0.3 is 10.6 Å². The Balaban J connectivity index is 2.50. The van der Waals surface area contributed by atoms with E-state index in [9.17, 15) is 0 Å². The molecule has 0 amide bonds. The number of rotatable bonds is 4. The second-order valence-corrected chi connectivity index (χ2v) is 3.70. The first-order valence-electron chi connectivity index (χ1n) is 4.89. The van der Waals surface area contributed by atoms with Crippen LogP contribution in [-0.4, -0.2) is 19.6 Å². The number of likely N-dealkylation sites (N-methyl/N-ethyl adjacent to an activating group) is 1. The molecule has 2 heteroatoms. The molecule has 0 radical (unpaired) electrons. The Kier molecular flexibility index (Phi) is 3.93. The summed E-state index contributed by atoms with van der Waals surface area (Å²) in [6.45, 7) is 4.33. The zero-order valence-electron chi connectivity index (χ0n) is 8.59. The topological polar surface area (TPSA) is 32.1 Å².